The highest BCUT2D eigenvalue weighted by Gasteiger charge is 2.17. The van der Waals surface area contributed by atoms with Crippen LogP contribution in [0.5, 0.6) is 0 Å². The highest BCUT2D eigenvalue weighted by molar-refractivity contribution is 6.34. The Morgan fingerprint density at radius 2 is 1.95 bits per heavy atom. The van der Waals surface area contributed by atoms with Crippen LogP contribution in [0.15, 0.2) is 46.9 Å². The fourth-order valence-corrected chi connectivity index (χ4v) is 2.56. The molecule has 0 aliphatic rings. The van der Waals surface area contributed by atoms with Gasteiger partial charge in [0.05, 0.1) is 5.69 Å². The molecular weight excluding hydrogens is 290 g/mol. The average molecular weight is 302 g/mol. The number of carbonyl (C=O) groups is 1. The minimum Gasteiger partial charge on any atom is -0.465 e. The predicted molar refractivity (Wildman–Crippen MR) is 83.0 cm³/mol. The number of amides is 1. The van der Waals surface area contributed by atoms with Gasteiger partial charge in [-0.1, -0.05) is 29.8 Å². The monoisotopic (exact) mass is 301 g/mol. The van der Waals surface area contributed by atoms with Crippen molar-refractivity contribution in [3.05, 3.63) is 53.2 Å². The summed E-state index contributed by atoms with van der Waals surface area (Å²) in [6.07, 6.45) is -1.12. The molecule has 0 atom stereocenters. The number of furan rings is 1. The normalized spacial score (nSPS) is 10.8. The Labute approximate surface area is 126 Å². The number of carboxylic acid groups (broad SMARTS) is 1. The summed E-state index contributed by atoms with van der Waals surface area (Å²) in [7, 11) is 0. The Balaban J connectivity index is 2.24. The number of fused-ring (bicyclic) bond motifs is 1. The first-order chi connectivity index (χ1) is 10.1. The van der Waals surface area contributed by atoms with Gasteiger partial charge < -0.3 is 9.52 Å². The summed E-state index contributed by atoms with van der Waals surface area (Å²) in [5.74, 6) is 0.555. The average Bonchev–Trinajstić information content (AvgIpc) is 2.76. The van der Waals surface area contributed by atoms with E-state index in [4.69, 9.17) is 21.1 Å². The molecule has 0 radical (unpaired) electrons. The highest BCUT2D eigenvalue weighted by atomic mass is 35.5. The molecule has 3 rings (SSSR count). The molecule has 3 aromatic rings. The zero-order valence-corrected chi connectivity index (χ0v) is 11.9. The zero-order valence-electron chi connectivity index (χ0n) is 11.2. The number of benzene rings is 2. The molecular formula is C16H12ClNO3. The van der Waals surface area contributed by atoms with Crippen LogP contribution in [0.2, 0.25) is 5.22 Å². The van der Waals surface area contributed by atoms with E-state index in [1.165, 1.54) is 0 Å². The van der Waals surface area contributed by atoms with Crippen molar-refractivity contribution in [3.8, 4) is 11.3 Å². The fraction of sp³-hybridized carbons (Fsp3) is 0.0625. The first kappa shape index (κ1) is 13.5. The molecule has 1 heterocycles. The van der Waals surface area contributed by atoms with E-state index in [2.05, 4.69) is 5.32 Å². The van der Waals surface area contributed by atoms with Gasteiger partial charge in [-0.25, -0.2) is 4.79 Å². The van der Waals surface area contributed by atoms with E-state index in [0.717, 1.165) is 16.3 Å². The van der Waals surface area contributed by atoms with E-state index in [1.807, 2.05) is 31.2 Å². The lowest BCUT2D eigenvalue weighted by atomic mass is 10.0. The molecule has 106 valence electrons. The lowest BCUT2D eigenvalue weighted by molar-refractivity contribution is 0.210. The van der Waals surface area contributed by atoms with Crippen LogP contribution in [0.25, 0.3) is 22.1 Å². The molecule has 0 unspecified atom stereocenters. The lowest BCUT2D eigenvalue weighted by Gasteiger charge is -2.07. The first-order valence-electron chi connectivity index (χ1n) is 6.34. The van der Waals surface area contributed by atoms with Crippen LogP contribution < -0.4 is 5.32 Å². The summed E-state index contributed by atoms with van der Waals surface area (Å²) >= 11 is 6.15. The molecule has 0 aliphatic carbocycles. The van der Waals surface area contributed by atoms with E-state index < -0.39 is 6.09 Å². The Morgan fingerprint density at radius 3 is 2.71 bits per heavy atom. The quantitative estimate of drug-likeness (QED) is 0.688. The summed E-state index contributed by atoms with van der Waals surface area (Å²) in [4.78, 5) is 10.9. The van der Waals surface area contributed by atoms with E-state index >= 15 is 0 Å². The summed E-state index contributed by atoms with van der Waals surface area (Å²) < 4.78 is 5.66. The SMILES string of the molecule is Cc1ccc2c(-c3ccccc3NC(=O)O)oc(Cl)c2c1. The summed E-state index contributed by atoms with van der Waals surface area (Å²) in [6.45, 7) is 1.97. The molecule has 0 saturated carbocycles. The van der Waals surface area contributed by atoms with Crippen molar-refractivity contribution in [2.45, 2.75) is 6.92 Å². The molecule has 2 N–H and O–H groups in total. The molecule has 0 aliphatic heterocycles. The smallest absolute Gasteiger partial charge is 0.409 e. The van der Waals surface area contributed by atoms with Crippen LogP contribution in [-0.2, 0) is 0 Å². The van der Waals surface area contributed by atoms with Gasteiger partial charge in [0.2, 0.25) is 5.22 Å². The maximum Gasteiger partial charge on any atom is 0.409 e. The topological polar surface area (TPSA) is 62.5 Å². The van der Waals surface area contributed by atoms with E-state index in [-0.39, 0.29) is 0 Å². The number of hydrogen-bond donors (Lipinski definition) is 2. The van der Waals surface area contributed by atoms with Gasteiger partial charge >= 0.3 is 6.09 Å². The third kappa shape index (κ3) is 2.45. The number of rotatable bonds is 2. The molecule has 1 amide bonds. The number of nitrogens with one attached hydrogen (secondary N) is 1. The van der Waals surface area contributed by atoms with Crippen molar-refractivity contribution in [1.82, 2.24) is 0 Å². The van der Waals surface area contributed by atoms with Crippen molar-refractivity contribution in [1.29, 1.82) is 0 Å². The van der Waals surface area contributed by atoms with E-state index in [1.54, 1.807) is 18.2 Å². The maximum absolute atomic E-state index is 10.9. The Bertz CT molecular complexity index is 839. The number of anilines is 1. The number of aryl methyl sites for hydroxylation is 1. The Kier molecular flexibility index (Phi) is 3.31. The van der Waals surface area contributed by atoms with Crippen LogP contribution in [0.3, 0.4) is 0 Å². The molecule has 2 aromatic carbocycles. The second-order valence-corrected chi connectivity index (χ2v) is 5.07. The molecule has 1 aromatic heterocycles. The third-order valence-electron chi connectivity index (χ3n) is 3.24. The van der Waals surface area contributed by atoms with Crippen molar-refractivity contribution in [2.75, 3.05) is 5.32 Å². The number of halogens is 1. The van der Waals surface area contributed by atoms with Crippen molar-refractivity contribution < 1.29 is 14.3 Å². The van der Waals surface area contributed by atoms with Gasteiger partial charge in [-0.05, 0) is 36.7 Å². The molecule has 0 bridgehead atoms. The molecule has 0 saturated heterocycles. The van der Waals surface area contributed by atoms with Gasteiger partial charge in [0, 0.05) is 16.3 Å². The van der Waals surface area contributed by atoms with Gasteiger partial charge in [0.15, 0.2) is 0 Å². The highest BCUT2D eigenvalue weighted by Crippen LogP contribution is 2.39. The number of para-hydroxylation sites is 1. The molecule has 21 heavy (non-hydrogen) atoms. The van der Waals surface area contributed by atoms with Crippen LogP contribution in [0.4, 0.5) is 10.5 Å². The summed E-state index contributed by atoms with van der Waals surface area (Å²) in [5, 5.41) is 13.3. The maximum atomic E-state index is 10.9. The predicted octanol–water partition coefficient (Wildman–Crippen LogP) is 5.15. The minimum atomic E-state index is -1.12. The van der Waals surface area contributed by atoms with E-state index in [0.29, 0.717) is 22.2 Å². The van der Waals surface area contributed by atoms with Crippen LogP contribution >= 0.6 is 11.6 Å². The standard InChI is InChI=1S/C16H12ClNO3/c1-9-6-7-10-12(8-9)15(17)21-14(10)11-4-2-3-5-13(11)18-16(19)20/h2-8,18H,1H3,(H,19,20). The second kappa shape index (κ2) is 5.14. The van der Waals surface area contributed by atoms with Gasteiger partial charge in [0.1, 0.15) is 5.76 Å². The fourth-order valence-electron chi connectivity index (χ4n) is 2.32. The zero-order chi connectivity index (χ0) is 15.0. The van der Waals surface area contributed by atoms with Gasteiger partial charge in [0.25, 0.3) is 0 Å². The van der Waals surface area contributed by atoms with Crippen molar-refractivity contribution in [2.24, 2.45) is 0 Å². The van der Waals surface area contributed by atoms with Crippen LogP contribution in [0, 0.1) is 6.92 Å². The minimum absolute atomic E-state index is 0.300. The third-order valence-corrected chi connectivity index (χ3v) is 3.52. The molecule has 0 spiro atoms. The van der Waals surface area contributed by atoms with E-state index in [9.17, 15) is 4.79 Å². The Morgan fingerprint density at radius 1 is 1.19 bits per heavy atom. The molecule has 4 nitrogen and oxygen atoms in total. The second-order valence-electron chi connectivity index (χ2n) is 4.73. The van der Waals surface area contributed by atoms with Gasteiger partial charge in [-0.3, -0.25) is 5.32 Å². The summed E-state index contributed by atoms with van der Waals surface area (Å²) in [5.41, 5.74) is 2.19. The van der Waals surface area contributed by atoms with Gasteiger partial charge in [-0.15, -0.1) is 0 Å². The number of hydrogen-bond acceptors (Lipinski definition) is 2. The first-order valence-corrected chi connectivity index (χ1v) is 6.72. The largest absolute Gasteiger partial charge is 0.465 e. The van der Waals surface area contributed by atoms with Crippen molar-refractivity contribution >= 4 is 34.2 Å². The molecule has 5 heteroatoms. The van der Waals surface area contributed by atoms with Crippen LogP contribution in [-0.4, -0.2) is 11.2 Å². The summed E-state index contributed by atoms with van der Waals surface area (Å²) in [6, 6.07) is 12.9. The van der Waals surface area contributed by atoms with Crippen molar-refractivity contribution in [3.63, 3.8) is 0 Å². The van der Waals surface area contributed by atoms with Gasteiger partial charge in [-0.2, -0.15) is 0 Å². The van der Waals surface area contributed by atoms with Crippen LogP contribution in [0.1, 0.15) is 5.56 Å². The molecule has 0 fully saturated rings. The Hall–Kier alpha value is -2.46. The lowest BCUT2D eigenvalue weighted by Crippen LogP contribution is -2.07.